The topological polar surface area (TPSA) is 53.0 Å². The van der Waals surface area contributed by atoms with E-state index in [9.17, 15) is 0 Å². The minimum atomic E-state index is -0.670. The van der Waals surface area contributed by atoms with Crippen LogP contribution in [0.5, 0.6) is 0 Å². The lowest BCUT2D eigenvalue weighted by Crippen LogP contribution is -2.41. The molecule has 1 rings (SSSR count). The molecule has 3 nitrogen and oxygen atoms in total. The van der Waals surface area contributed by atoms with Gasteiger partial charge in [-0.1, -0.05) is 6.92 Å². The zero-order chi connectivity index (χ0) is 12.2. The Morgan fingerprint density at radius 2 is 1.94 bits per heavy atom. The maximum absolute atomic E-state index is 8.86. The molecule has 3 heteroatoms. The summed E-state index contributed by atoms with van der Waals surface area (Å²) < 4.78 is 0. The average Bonchev–Trinajstić information content (AvgIpc) is 2.27. The molecule has 92 valence electrons. The maximum Gasteiger partial charge on any atom is 0.102 e. The van der Waals surface area contributed by atoms with Crippen molar-refractivity contribution >= 4 is 0 Å². The van der Waals surface area contributed by atoms with Crippen molar-refractivity contribution in [3.63, 3.8) is 0 Å². The lowest BCUT2D eigenvalue weighted by atomic mass is 9.86. The predicted octanol–water partition coefficient (Wildman–Crippen LogP) is 2.13. The molecule has 0 amide bonds. The van der Waals surface area contributed by atoms with Crippen LogP contribution in [0.4, 0.5) is 0 Å². The number of nitriles is 1. The van der Waals surface area contributed by atoms with Gasteiger partial charge in [-0.2, -0.15) is 5.26 Å². The highest BCUT2D eigenvalue weighted by molar-refractivity contribution is 5.01. The van der Waals surface area contributed by atoms with Crippen LogP contribution in [0.1, 0.15) is 46.0 Å². The van der Waals surface area contributed by atoms with E-state index in [4.69, 9.17) is 11.0 Å². The van der Waals surface area contributed by atoms with Gasteiger partial charge in [-0.15, -0.1) is 0 Å². The second kappa shape index (κ2) is 5.65. The summed E-state index contributed by atoms with van der Waals surface area (Å²) in [6.45, 7) is 5.08. The molecule has 0 aromatic rings. The zero-order valence-corrected chi connectivity index (χ0v) is 10.9. The van der Waals surface area contributed by atoms with Crippen LogP contribution in [0.2, 0.25) is 0 Å². The summed E-state index contributed by atoms with van der Waals surface area (Å²) >= 11 is 0. The Labute approximate surface area is 99.6 Å². The molecule has 0 aromatic heterocycles. The van der Waals surface area contributed by atoms with Gasteiger partial charge in [0.1, 0.15) is 5.54 Å². The highest BCUT2D eigenvalue weighted by Gasteiger charge is 2.24. The van der Waals surface area contributed by atoms with Gasteiger partial charge in [0.15, 0.2) is 0 Å². The molecule has 1 saturated carbocycles. The Morgan fingerprint density at radius 3 is 2.44 bits per heavy atom. The van der Waals surface area contributed by atoms with Crippen molar-refractivity contribution in [3.8, 4) is 6.07 Å². The Morgan fingerprint density at radius 1 is 1.38 bits per heavy atom. The molecule has 0 saturated heterocycles. The summed E-state index contributed by atoms with van der Waals surface area (Å²) in [5.41, 5.74) is 5.16. The fourth-order valence-corrected chi connectivity index (χ4v) is 2.33. The summed E-state index contributed by atoms with van der Waals surface area (Å²) in [5, 5.41) is 8.86. The van der Waals surface area contributed by atoms with Crippen molar-refractivity contribution < 1.29 is 0 Å². The number of hydrogen-bond acceptors (Lipinski definition) is 3. The van der Waals surface area contributed by atoms with E-state index < -0.39 is 5.54 Å². The molecule has 1 atom stereocenters. The minimum Gasteiger partial charge on any atom is -0.314 e. The first-order valence-corrected chi connectivity index (χ1v) is 6.35. The molecule has 0 spiro atoms. The van der Waals surface area contributed by atoms with Gasteiger partial charge in [0.05, 0.1) is 6.07 Å². The Kier molecular flexibility index (Phi) is 4.76. The molecule has 1 fully saturated rings. The quantitative estimate of drug-likeness (QED) is 0.794. The van der Waals surface area contributed by atoms with Crippen molar-refractivity contribution in [3.05, 3.63) is 0 Å². The molecule has 16 heavy (non-hydrogen) atoms. The van der Waals surface area contributed by atoms with E-state index in [0.717, 1.165) is 18.9 Å². The van der Waals surface area contributed by atoms with Gasteiger partial charge in [-0.05, 0) is 52.0 Å². The predicted molar refractivity (Wildman–Crippen MR) is 66.9 cm³/mol. The van der Waals surface area contributed by atoms with Crippen molar-refractivity contribution in [2.24, 2.45) is 11.7 Å². The minimum absolute atomic E-state index is 0.670. The fourth-order valence-electron chi connectivity index (χ4n) is 2.33. The van der Waals surface area contributed by atoms with Gasteiger partial charge < -0.3 is 10.6 Å². The molecule has 0 aromatic carbocycles. The third kappa shape index (κ3) is 4.11. The molecule has 1 unspecified atom stereocenters. The zero-order valence-electron chi connectivity index (χ0n) is 10.9. The molecule has 0 aliphatic heterocycles. The third-order valence-corrected chi connectivity index (χ3v) is 3.85. The van der Waals surface area contributed by atoms with Gasteiger partial charge in [0.2, 0.25) is 0 Å². The van der Waals surface area contributed by atoms with Crippen molar-refractivity contribution in [1.29, 1.82) is 5.26 Å². The van der Waals surface area contributed by atoms with E-state index >= 15 is 0 Å². The van der Waals surface area contributed by atoms with Crippen molar-refractivity contribution in [2.75, 3.05) is 13.6 Å². The van der Waals surface area contributed by atoms with E-state index in [-0.39, 0.29) is 0 Å². The van der Waals surface area contributed by atoms with Gasteiger partial charge in [0, 0.05) is 12.6 Å². The number of rotatable bonds is 4. The van der Waals surface area contributed by atoms with Gasteiger partial charge in [-0.25, -0.2) is 0 Å². The highest BCUT2D eigenvalue weighted by atomic mass is 15.1. The summed E-state index contributed by atoms with van der Waals surface area (Å²) in [7, 11) is 2.16. The van der Waals surface area contributed by atoms with Crippen LogP contribution in [0.3, 0.4) is 0 Å². The first-order chi connectivity index (χ1) is 7.44. The van der Waals surface area contributed by atoms with Crippen LogP contribution in [0.15, 0.2) is 0 Å². The second-order valence-electron chi connectivity index (χ2n) is 5.67. The molecular formula is C13H25N3. The van der Waals surface area contributed by atoms with Crippen LogP contribution in [0.25, 0.3) is 0 Å². The fraction of sp³-hybridized carbons (Fsp3) is 0.923. The first kappa shape index (κ1) is 13.5. The molecule has 0 radical (unpaired) electrons. The maximum atomic E-state index is 8.86. The first-order valence-electron chi connectivity index (χ1n) is 6.35. The lowest BCUT2D eigenvalue weighted by molar-refractivity contribution is 0.163. The molecule has 2 N–H and O–H groups in total. The van der Waals surface area contributed by atoms with E-state index in [2.05, 4.69) is 24.9 Å². The van der Waals surface area contributed by atoms with Gasteiger partial charge >= 0.3 is 0 Å². The Bertz CT molecular complexity index is 246. The molecule has 1 aliphatic carbocycles. The second-order valence-corrected chi connectivity index (χ2v) is 5.67. The van der Waals surface area contributed by atoms with E-state index in [1.165, 1.54) is 25.7 Å². The standard InChI is InChI=1S/C13H25N3/c1-11-4-6-12(7-5-11)16(3)9-8-13(2,15)10-14/h11-12H,4-9,15H2,1-3H3. The van der Waals surface area contributed by atoms with Crippen molar-refractivity contribution in [1.82, 2.24) is 4.90 Å². The van der Waals surface area contributed by atoms with Crippen LogP contribution in [-0.4, -0.2) is 30.1 Å². The van der Waals surface area contributed by atoms with Crippen molar-refractivity contribution in [2.45, 2.75) is 57.5 Å². The van der Waals surface area contributed by atoms with Gasteiger partial charge in [0.25, 0.3) is 0 Å². The highest BCUT2D eigenvalue weighted by Crippen LogP contribution is 2.26. The lowest BCUT2D eigenvalue weighted by Gasteiger charge is -2.34. The number of nitrogens with zero attached hydrogens (tertiary/aromatic N) is 2. The summed E-state index contributed by atoms with van der Waals surface area (Å²) in [5.74, 6) is 0.892. The normalized spacial score (nSPS) is 29.8. The Balaban J connectivity index is 2.30. The number of nitrogens with two attached hydrogens (primary N) is 1. The smallest absolute Gasteiger partial charge is 0.102 e. The molecule has 0 heterocycles. The number of hydrogen-bond donors (Lipinski definition) is 1. The average molecular weight is 223 g/mol. The van der Waals surface area contributed by atoms with E-state index in [0.29, 0.717) is 6.04 Å². The Hall–Kier alpha value is -0.590. The van der Waals surface area contributed by atoms with Gasteiger partial charge in [-0.3, -0.25) is 0 Å². The van der Waals surface area contributed by atoms with Crippen LogP contribution in [0, 0.1) is 17.2 Å². The van der Waals surface area contributed by atoms with E-state index in [1.807, 2.05) is 6.92 Å². The molecule has 0 bridgehead atoms. The largest absolute Gasteiger partial charge is 0.314 e. The summed E-state index contributed by atoms with van der Waals surface area (Å²) in [4.78, 5) is 2.38. The SMILES string of the molecule is CC1CCC(N(C)CCC(C)(N)C#N)CC1. The van der Waals surface area contributed by atoms with E-state index in [1.54, 1.807) is 0 Å². The third-order valence-electron chi connectivity index (χ3n) is 3.85. The summed E-state index contributed by atoms with van der Waals surface area (Å²) in [6.07, 6.45) is 6.03. The van der Waals surface area contributed by atoms with Crippen LogP contribution >= 0.6 is 0 Å². The monoisotopic (exact) mass is 223 g/mol. The van der Waals surface area contributed by atoms with Crippen LogP contribution in [-0.2, 0) is 0 Å². The summed E-state index contributed by atoms with van der Waals surface area (Å²) in [6, 6.07) is 2.86. The van der Waals surface area contributed by atoms with Crippen LogP contribution < -0.4 is 5.73 Å². The molecule has 1 aliphatic rings. The molecular weight excluding hydrogens is 198 g/mol.